The number of benzene rings is 2. The van der Waals surface area contributed by atoms with Crippen LogP contribution in [0.5, 0.6) is 5.75 Å². The fourth-order valence-corrected chi connectivity index (χ4v) is 1.86. The first-order chi connectivity index (χ1) is 11.8. The molecule has 0 fully saturated rings. The largest absolute Gasteiger partial charge is 0.481 e. The van der Waals surface area contributed by atoms with Crippen molar-refractivity contribution in [1.29, 1.82) is 0 Å². The van der Waals surface area contributed by atoms with Crippen LogP contribution in [0.4, 0.5) is 21.5 Å². The molecule has 0 aliphatic rings. The summed E-state index contributed by atoms with van der Waals surface area (Å²) in [4.78, 5) is 32.0. The third-order valence-corrected chi connectivity index (χ3v) is 3.15. The molecule has 0 bridgehead atoms. The molecule has 0 heterocycles. The van der Waals surface area contributed by atoms with E-state index in [1.165, 1.54) is 31.2 Å². The minimum Gasteiger partial charge on any atom is -0.481 e. The molecule has 1 N–H and O–H groups in total. The van der Waals surface area contributed by atoms with Crippen LogP contribution < -0.4 is 10.1 Å². The number of hydrogen-bond acceptors (Lipinski definition) is 6. The molecule has 2 aromatic rings. The number of hydrogen-bond donors (Lipinski definition) is 1. The highest BCUT2D eigenvalue weighted by atomic mass is 19.1. The zero-order valence-corrected chi connectivity index (χ0v) is 12.8. The van der Waals surface area contributed by atoms with Gasteiger partial charge in [0.1, 0.15) is 11.6 Å². The SMILES string of the molecule is CC(Oc1ccc([N+](=O)[O-])cc1)C(=O)Nc1cc([N+](=O)[O-])ccc1F. The first kappa shape index (κ1) is 17.8. The summed E-state index contributed by atoms with van der Waals surface area (Å²) in [6.45, 7) is 1.38. The van der Waals surface area contributed by atoms with Gasteiger partial charge < -0.3 is 10.1 Å². The van der Waals surface area contributed by atoms with Crippen LogP contribution in [0.2, 0.25) is 0 Å². The average molecular weight is 349 g/mol. The highest BCUT2D eigenvalue weighted by Crippen LogP contribution is 2.22. The minimum atomic E-state index is -1.07. The molecule has 10 heteroatoms. The van der Waals surface area contributed by atoms with E-state index in [1.54, 1.807) is 0 Å². The number of carbonyl (C=O) groups excluding carboxylic acids is 1. The van der Waals surface area contributed by atoms with Crippen LogP contribution in [0.15, 0.2) is 42.5 Å². The van der Waals surface area contributed by atoms with E-state index in [0.29, 0.717) is 0 Å². The van der Waals surface area contributed by atoms with Crippen LogP contribution in [0.3, 0.4) is 0 Å². The smallest absolute Gasteiger partial charge is 0.271 e. The predicted molar refractivity (Wildman–Crippen MR) is 84.9 cm³/mol. The second kappa shape index (κ2) is 7.34. The molecule has 25 heavy (non-hydrogen) atoms. The maximum Gasteiger partial charge on any atom is 0.271 e. The van der Waals surface area contributed by atoms with Gasteiger partial charge in [0.2, 0.25) is 0 Å². The van der Waals surface area contributed by atoms with Crippen molar-refractivity contribution in [3.8, 4) is 5.75 Å². The number of carbonyl (C=O) groups is 1. The molecule has 0 aliphatic carbocycles. The molecular weight excluding hydrogens is 337 g/mol. The van der Waals surface area contributed by atoms with Crippen LogP contribution in [0, 0.1) is 26.0 Å². The first-order valence-electron chi connectivity index (χ1n) is 6.94. The van der Waals surface area contributed by atoms with Gasteiger partial charge in [0.15, 0.2) is 6.10 Å². The molecule has 2 rings (SSSR count). The van der Waals surface area contributed by atoms with Gasteiger partial charge in [-0.3, -0.25) is 25.0 Å². The summed E-state index contributed by atoms with van der Waals surface area (Å²) in [5, 5.41) is 23.5. The molecule has 130 valence electrons. The Bertz CT molecular complexity index is 825. The number of nitrogens with zero attached hydrogens (tertiary/aromatic N) is 2. The topological polar surface area (TPSA) is 125 Å². The van der Waals surface area contributed by atoms with Gasteiger partial charge in [-0.15, -0.1) is 0 Å². The van der Waals surface area contributed by atoms with Gasteiger partial charge in [0, 0.05) is 24.3 Å². The Hall–Kier alpha value is -3.56. The maximum absolute atomic E-state index is 13.7. The van der Waals surface area contributed by atoms with E-state index < -0.39 is 27.7 Å². The number of non-ortho nitro benzene ring substituents is 2. The number of ether oxygens (including phenoxy) is 1. The Morgan fingerprint density at radius 1 is 1.08 bits per heavy atom. The molecule has 0 radical (unpaired) electrons. The quantitative estimate of drug-likeness (QED) is 0.631. The highest BCUT2D eigenvalue weighted by Gasteiger charge is 2.19. The number of nitro groups is 2. The third-order valence-electron chi connectivity index (χ3n) is 3.15. The molecule has 9 nitrogen and oxygen atoms in total. The molecule has 1 amide bonds. The average Bonchev–Trinajstić information content (AvgIpc) is 2.57. The summed E-state index contributed by atoms with van der Waals surface area (Å²) in [6, 6.07) is 7.79. The Morgan fingerprint density at radius 3 is 2.20 bits per heavy atom. The first-order valence-corrected chi connectivity index (χ1v) is 6.94. The van der Waals surface area contributed by atoms with E-state index in [0.717, 1.165) is 18.2 Å². The van der Waals surface area contributed by atoms with E-state index in [-0.39, 0.29) is 22.8 Å². The summed E-state index contributed by atoms with van der Waals surface area (Å²) >= 11 is 0. The van der Waals surface area contributed by atoms with Gasteiger partial charge in [0.05, 0.1) is 15.5 Å². The van der Waals surface area contributed by atoms with Gasteiger partial charge in [0.25, 0.3) is 17.3 Å². The second-order valence-corrected chi connectivity index (χ2v) is 4.92. The van der Waals surface area contributed by atoms with Crippen molar-refractivity contribution in [2.24, 2.45) is 0 Å². The molecule has 0 saturated heterocycles. The van der Waals surface area contributed by atoms with E-state index in [4.69, 9.17) is 4.74 Å². The molecular formula is C15H12FN3O6. The van der Waals surface area contributed by atoms with E-state index in [1.807, 2.05) is 0 Å². The predicted octanol–water partition coefficient (Wildman–Crippen LogP) is 3.05. The van der Waals surface area contributed by atoms with Crippen molar-refractivity contribution in [3.05, 3.63) is 68.5 Å². The van der Waals surface area contributed by atoms with Crippen molar-refractivity contribution >= 4 is 23.0 Å². The lowest BCUT2D eigenvalue weighted by Gasteiger charge is -2.15. The molecule has 1 atom stereocenters. The molecule has 0 aliphatic heterocycles. The standard InChI is InChI=1S/C15H12FN3O6/c1-9(25-12-5-2-10(3-6-12)18(21)22)15(20)17-14-8-11(19(23)24)4-7-13(14)16/h2-9H,1H3,(H,17,20). The maximum atomic E-state index is 13.7. The summed E-state index contributed by atoms with van der Waals surface area (Å²) in [5.41, 5.74) is -0.859. The third kappa shape index (κ3) is 4.47. The van der Waals surface area contributed by atoms with Gasteiger partial charge in [-0.1, -0.05) is 0 Å². The lowest BCUT2D eigenvalue weighted by atomic mass is 10.2. The molecule has 2 aromatic carbocycles. The Balaban J connectivity index is 2.06. The lowest BCUT2D eigenvalue weighted by Crippen LogP contribution is -2.30. The molecule has 0 saturated carbocycles. The number of nitrogens with one attached hydrogen (secondary N) is 1. The van der Waals surface area contributed by atoms with Gasteiger partial charge in [-0.05, 0) is 25.1 Å². The zero-order chi connectivity index (χ0) is 18.6. The van der Waals surface area contributed by atoms with Crippen LogP contribution in [0.25, 0.3) is 0 Å². The van der Waals surface area contributed by atoms with Gasteiger partial charge in [-0.2, -0.15) is 0 Å². The fraction of sp³-hybridized carbons (Fsp3) is 0.133. The summed E-state index contributed by atoms with van der Waals surface area (Å²) in [5.74, 6) is -1.37. The van der Waals surface area contributed by atoms with Crippen molar-refractivity contribution in [1.82, 2.24) is 0 Å². The number of halogens is 1. The Morgan fingerprint density at radius 2 is 1.64 bits per heavy atom. The molecule has 0 aromatic heterocycles. The van der Waals surface area contributed by atoms with E-state index in [2.05, 4.69) is 5.32 Å². The van der Waals surface area contributed by atoms with Crippen LogP contribution in [-0.4, -0.2) is 21.9 Å². The van der Waals surface area contributed by atoms with Gasteiger partial charge >= 0.3 is 0 Å². The number of rotatable bonds is 6. The summed E-state index contributed by atoms with van der Waals surface area (Å²) < 4.78 is 19.0. The van der Waals surface area contributed by atoms with E-state index >= 15 is 0 Å². The van der Waals surface area contributed by atoms with Crippen molar-refractivity contribution in [2.45, 2.75) is 13.0 Å². The normalized spacial score (nSPS) is 11.4. The fourth-order valence-electron chi connectivity index (χ4n) is 1.86. The van der Waals surface area contributed by atoms with Crippen LogP contribution in [-0.2, 0) is 4.79 Å². The number of amides is 1. The Labute approximate surface area is 140 Å². The lowest BCUT2D eigenvalue weighted by molar-refractivity contribution is -0.385. The Kier molecular flexibility index (Phi) is 5.22. The number of anilines is 1. The summed E-state index contributed by atoms with van der Waals surface area (Å²) in [7, 11) is 0. The monoisotopic (exact) mass is 349 g/mol. The van der Waals surface area contributed by atoms with Crippen molar-refractivity contribution in [3.63, 3.8) is 0 Å². The highest BCUT2D eigenvalue weighted by molar-refractivity contribution is 5.94. The van der Waals surface area contributed by atoms with Crippen LogP contribution >= 0.6 is 0 Å². The molecule has 0 spiro atoms. The minimum absolute atomic E-state index is 0.136. The summed E-state index contributed by atoms with van der Waals surface area (Å²) in [6.07, 6.45) is -1.07. The number of nitro benzene ring substituents is 2. The molecule has 1 unspecified atom stereocenters. The van der Waals surface area contributed by atoms with Crippen molar-refractivity contribution in [2.75, 3.05) is 5.32 Å². The zero-order valence-electron chi connectivity index (χ0n) is 12.8. The van der Waals surface area contributed by atoms with Crippen LogP contribution in [0.1, 0.15) is 6.92 Å². The van der Waals surface area contributed by atoms with Crippen molar-refractivity contribution < 1.29 is 23.8 Å². The van der Waals surface area contributed by atoms with Gasteiger partial charge in [-0.25, -0.2) is 4.39 Å². The van der Waals surface area contributed by atoms with E-state index in [9.17, 15) is 29.4 Å². The second-order valence-electron chi connectivity index (χ2n) is 4.92.